The molecule has 1 aliphatic rings. The maximum absolute atomic E-state index is 13.7. The van der Waals surface area contributed by atoms with Crippen LogP contribution < -0.4 is 9.20 Å². The second kappa shape index (κ2) is 10.5. The van der Waals surface area contributed by atoms with Crippen molar-refractivity contribution in [3.63, 3.8) is 0 Å². The molecule has 3 aromatic carbocycles. The Hall–Kier alpha value is -3.06. The van der Waals surface area contributed by atoms with Crippen LogP contribution in [-0.4, -0.2) is 28.0 Å². The van der Waals surface area contributed by atoms with Crippen LogP contribution in [0.1, 0.15) is 73.1 Å². The molecule has 3 aromatic rings. The molecule has 36 heavy (non-hydrogen) atoms. The zero-order chi connectivity index (χ0) is 25.9. The summed E-state index contributed by atoms with van der Waals surface area (Å²) < 4.78 is 26.0. The Kier molecular flexibility index (Phi) is 7.59. The van der Waals surface area contributed by atoms with Gasteiger partial charge >= 0.3 is 220 Å². The van der Waals surface area contributed by atoms with E-state index in [4.69, 9.17) is 9.47 Å². The van der Waals surface area contributed by atoms with Crippen LogP contribution >= 0.6 is 0 Å². The fourth-order valence-electron chi connectivity index (χ4n) is 4.62. The molecular formula is C31H31FO3Se. The molecule has 0 aliphatic heterocycles. The summed E-state index contributed by atoms with van der Waals surface area (Å²) in [4.78, 5) is 15.0. The standard InChI is InChI=1S/C31H31FO3Se/c1-30(2)14-15-31(3,4)28-26(30)18-25(19-27(28)35-20-22-7-6-8-24(32)17-22)36-16-13-21-9-11-23(12-10-21)29(33)34-5/h6-12,17-19H,14-15,20H2,1-5H3. The van der Waals surface area contributed by atoms with Crippen molar-refractivity contribution >= 4 is 25.4 Å². The van der Waals surface area contributed by atoms with Gasteiger partial charge in [0.05, 0.1) is 0 Å². The van der Waals surface area contributed by atoms with Crippen molar-refractivity contribution in [2.45, 2.75) is 58.0 Å². The van der Waals surface area contributed by atoms with Crippen LogP contribution in [0.4, 0.5) is 4.39 Å². The van der Waals surface area contributed by atoms with E-state index in [0.717, 1.165) is 34.2 Å². The topological polar surface area (TPSA) is 35.5 Å². The minimum atomic E-state index is -0.357. The molecular weight excluding hydrogens is 518 g/mol. The molecule has 0 amide bonds. The quantitative estimate of drug-likeness (QED) is 0.227. The number of hydrogen-bond donors (Lipinski definition) is 0. The van der Waals surface area contributed by atoms with Gasteiger partial charge in [-0.25, -0.2) is 0 Å². The molecule has 0 N–H and O–H groups in total. The van der Waals surface area contributed by atoms with Crippen molar-refractivity contribution < 1.29 is 18.7 Å². The van der Waals surface area contributed by atoms with E-state index in [0.29, 0.717) is 12.2 Å². The fraction of sp³-hybridized carbons (Fsp3) is 0.323. The molecule has 186 valence electrons. The van der Waals surface area contributed by atoms with Gasteiger partial charge in [0, 0.05) is 0 Å². The summed E-state index contributed by atoms with van der Waals surface area (Å²) in [5, 5.41) is 0. The van der Waals surface area contributed by atoms with Crippen LogP contribution in [0.3, 0.4) is 0 Å². The second-order valence-electron chi connectivity index (χ2n) is 10.4. The number of rotatable bonds is 5. The Morgan fingerprint density at radius 2 is 1.72 bits per heavy atom. The first-order chi connectivity index (χ1) is 17.1. The van der Waals surface area contributed by atoms with E-state index in [-0.39, 0.29) is 37.6 Å². The molecule has 0 aromatic heterocycles. The van der Waals surface area contributed by atoms with E-state index in [1.165, 1.54) is 30.4 Å². The summed E-state index contributed by atoms with van der Waals surface area (Å²) in [6.45, 7) is 9.46. The zero-order valence-electron chi connectivity index (χ0n) is 21.4. The molecule has 0 bridgehead atoms. The van der Waals surface area contributed by atoms with Crippen LogP contribution in [-0.2, 0) is 22.2 Å². The third-order valence-corrected chi connectivity index (χ3v) is 8.23. The number of carbonyl (C=O) groups is 1. The van der Waals surface area contributed by atoms with Crippen LogP contribution in [0.15, 0.2) is 60.7 Å². The summed E-state index contributed by atoms with van der Waals surface area (Å²) in [6, 6.07) is 18.1. The van der Waals surface area contributed by atoms with Crippen molar-refractivity contribution in [1.29, 1.82) is 0 Å². The molecule has 0 saturated heterocycles. The summed E-state index contributed by atoms with van der Waals surface area (Å²) in [5.41, 5.74) is 4.76. The number of ether oxygens (including phenoxy) is 2. The summed E-state index contributed by atoms with van der Waals surface area (Å²) in [5.74, 6) is 3.48. The average molecular weight is 550 g/mol. The van der Waals surface area contributed by atoms with Crippen molar-refractivity contribution in [3.8, 4) is 16.5 Å². The van der Waals surface area contributed by atoms with E-state index in [1.807, 2.05) is 18.2 Å². The molecule has 5 heteroatoms. The van der Waals surface area contributed by atoms with Gasteiger partial charge in [0.2, 0.25) is 0 Å². The molecule has 0 atom stereocenters. The molecule has 0 heterocycles. The summed E-state index contributed by atoms with van der Waals surface area (Å²) in [6.07, 6.45) is 2.18. The molecule has 0 fully saturated rings. The molecule has 1 aliphatic carbocycles. The Balaban J connectivity index is 1.65. The van der Waals surface area contributed by atoms with Gasteiger partial charge in [-0.3, -0.25) is 0 Å². The molecule has 0 radical (unpaired) electrons. The Bertz CT molecular complexity index is 1330. The Morgan fingerprint density at radius 3 is 2.42 bits per heavy atom. The van der Waals surface area contributed by atoms with Gasteiger partial charge < -0.3 is 0 Å². The van der Waals surface area contributed by atoms with Gasteiger partial charge in [-0.15, -0.1) is 0 Å². The first kappa shape index (κ1) is 26.0. The van der Waals surface area contributed by atoms with Gasteiger partial charge in [0.25, 0.3) is 0 Å². The number of methoxy groups -OCH3 is 1. The molecule has 0 spiro atoms. The summed E-state index contributed by atoms with van der Waals surface area (Å²) >= 11 is -0.0926. The average Bonchev–Trinajstić information content (AvgIpc) is 2.85. The predicted octanol–water partition coefficient (Wildman–Crippen LogP) is 5.88. The number of esters is 1. The monoisotopic (exact) mass is 550 g/mol. The molecule has 4 rings (SSSR count). The second-order valence-corrected chi connectivity index (χ2v) is 12.3. The SMILES string of the molecule is COC(=O)c1ccc(C#C[Se]c2cc(OCc3cccc(F)c3)c3c(c2)C(C)(C)CCC3(C)C)cc1. The first-order valence-electron chi connectivity index (χ1n) is 12.0. The van der Waals surface area contributed by atoms with E-state index in [2.05, 4.69) is 50.6 Å². The van der Waals surface area contributed by atoms with E-state index >= 15 is 0 Å². The first-order valence-corrected chi connectivity index (χ1v) is 13.7. The van der Waals surface area contributed by atoms with Gasteiger partial charge in [0.1, 0.15) is 0 Å². The van der Waals surface area contributed by atoms with Crippen LogP contribution in [0, 0.1) is 16.6 Å². The zero-order valence-corrected chi connectivity index (χ0v) is 23.1. The Labute approximate surface area is 219 Å². The Morgan fingerprint density at radius 1 is 1.00 bits per heavy atom. The van der Waals surface area contributed by atoms with Gasteiger partial charge in [-0.2, -0.15) is 0 Å². The number of carbonyl (C=O) groups excluding carboxylic acids is 1. The van der Waals surface area contributed by atoms with Crippen molar-refractivity contribution in [2.24, 2.45) is 0 Å². The predicted molar refractivity (Wildman–Crippen MR) is 143 cm³/mol. The van der Waals surface area contributed by atoms with Crippen molar-refractivity contribution in [3.05, 3.63) is 94.3 Å². The van der Waals surface area contributed by atoms with E-state index in [9.17, 15) is 9.18 Å². The minimum absolute atomic E-state index is 0.0132. The number of hydrogen-bond acceptors (Lipinski definition) is 3. The van der Waals surface area contributed by atoms with Crippen LogP contribution in [0.2, 0.25) is 0 Å². The van der Waals surface area contributed by atoms with E-state index < -0.39 is 0 Å². The summed E-state index contributed by atoms with van der Waals surface area (Å²) in [7, 11) is 1.37. The van der Waals surface area contributed by atoms with Crippen LogP contribution in [0.5, 0.6) is 5.75 Å². The van der Waals surface area contributed by atoms with Gasteiger partial charge in [-0.05, 0) is 0 Å². The molecule has 0 saturated carbocycles. The van der Waals surface area contributed by atoms with E-state index in [1.54, 1.807) is 18.2 Å². The molecule has 0 unspecified atom stereocenters. The van der Waals surface area contributed by atoms with Crippen LogP contribution in [0.25, 0.3) is 0 Å². The fourth-order valence-corrected chi connectivity index (χ4v) is 5.94. The maximum atomic E-state index is 13.7. The normalized spacial score (nSPS) is 15.3. The third kappa shape index (κ3) is 5.84. The van der Waals surface area contributed by atoms with Gasteiger partial charge in [0.15, 0.2) is 0 Å². The number of halogens is 1. The van der Waals surface area contributed by atoms with Crippen molar-refractivity contribution in [2.75, 3.05) is 7.11 Å². The van der Waals surface area contributed by atoms with Crippen molar-refractivity contribution in [1.82, 2.24) is 0 Å². The van der Waals surface area contributed by atoms with Gasteiger partial charge in [-0.1, -0.05) is 0 Å². The third-order valence-electron chi connectivity index (χ3n) is 6.81. The molecule has 3 nitrogen and oxygen atoms in total. The number of benzene rings is 3. The number of fused-ring (bicyclic) bond motifs is 1.